The van der Waals surface area contributed by atoms with Crippen molar-refractivity contribution >= 4 is 10.9 Å². The number of fused-ring (bicyclic) bond motifs is 1. The average molecular weight is 398 g/mol. The normalized spacial score (nSPS) is 11.4. The molecule has 0 aliphatic rings. The summed E-state index contributed by atoms with van der Waals surface area (Å²) in [6.45, 7) is 6.45. The third-order valence-electron chi connectivity index (χ3n) is 4.72. The highest BCUT2D eigenvalue weighted by molar-refractivity contribution is 5.78. The number of aromatic amines is 1. The number of pyridine rings is 1. The Morgan fingerprint density at radius 3 is 2.45 bits per heavy atom. The molecule has 1 N–H and O–H groups in total. The smallest absolute Gasteiger partial charge is 0.189 e. The summed E-state index contributed by atoms with van der Waals surface area (Å²) in [5, 5.41) is 0.365. The fraction of sp³-hybridized carbons (Fsp3) is 0.348. The Bertz CT molecular complexity index is 1050. The molecule has 154 valence electrons. The standard InChI is InChI=1S/C23H27FN2O3/c1-15(2)12-26(13-16-5-8-22(28-3)23(9-16)29-4)14-18-11-21(27)19-10-17(24)6-7-20(19)25-18/h5-11,15H,12-14H2,1-4H3,(H,25,27). The Morgan fingerprint density at radius 1 is 1.00 bits per heavy atom. The third-order valence-corrected chi connectivity index (χ3v) is 4.72. The van der Waals surface area contributed by atoms with Gasteiger partial charge in [-0.1, -0.05) is 19.9 Å². The predicted molar refractivity (Wildman–Crippen MR) is 113 cm³/mol. The number of halogens is 1. The molecule has 3 rings (SSSR count). The molecule has 0 saturated heterocycles. The van der Waals surface area contributed by atoms with E-state index in [1.54, 1.807) is 26.4 Å². The zero-order valence-corrected chi connectivity index (χ0v) is 17.3. The monoisotopic (exact) mass is 398 g/mol. The van der Waals surface area contributed by atoms with Crippen molar-refractivity contribution in [2.45, 2.75) is 26.9 Å². The Hall–Kier alpha value is -2.86. The predicted octanol–water partition coefficient (Wildman–Crippen LogP) is 4.34. The fourth-order valence-corrected chi connectivity index (χ4v) is 3.54. The summed E-state index contributed by atoms with van der Waals surface area (Å²) >= 11 is 0. The lowest BCUT2D eigenvalue weighted by atomic mass is 10.1. The molecule has 0 amide bonds. The van der Waals surface area contributed by atoms with E-state index in [0.29, 0.717) is 41.4 Å². The van der Waals surface area contributed by atoms with Crippen LogP contribution in [-0.4, -0.2) is 30.6 Å². The molecule has 0 spiro atoms. The number of H-pyrrole nitrogens is 1. The van der Waals surface area contributed by atoms with Crippen molar-refractivity contribution in [2.75, 3.05) is 20.8 Å². The van der Waals surface area contributed by atoms with Gasteiger partial charge in [-0.3, -0.25) is 9.69 Å². The highest BCUT2D eigenvalue weighted by Gasteiger charge is 2.13. The highest BCUT2D eigenvalue weighted by atomic mass is 19.1. The van der Waals surface area contributed by atoms with E-state index in [0.717, 1.165) is 17.8 Å². The van der Waals surface area contributed by atoms with Crippen molar-refractivity contribution in [1.29, 1.82) is 0 Å². The summed E-state index contributed by atoms with van der Waals surface area (Å²) in [6.07, 6.45) is 0. The second-order valence-electron chi connectivity index (χ2n) is 7.60. The van der Waals surface area contributed by atoms with E-state index in [1.165, 1.54) is 12.1 Å². The van der Waals surface area contributed by atoms with Crippen LogP contribution < -0.4 is 14.9 Å². The highest BCUT2D eigenvalue weighted by Crippen LogP contribution is 2.28. The van der Waals surface area contributed by atoms with Gasteiger partial charge in [-0.25, -0.2) is 4.39 Å². The number of hydrogen-bond acceptors (Lipinski definition) is 4. The van der Waals surface area contributed by atoms with Crippen LogP contribution in [0.5, 0.6) is 11.5 Å². The molecule has 29 heavy (non-hydrogen) atoms. The number of benzene rings is 2. The van der Waals surface area contributed by atoms with Gasteiger partial charge in [0, 0.05) is 42.3 Å². The van der Waals surface area contributed by atoms with Crippen LogP contribution >= 0.6 is 0 Å². The van der Waals surface area contributed by atoms with Crippen molar-refractivity contribution in [3.05, 3.63) is 69.8 Å². The van der Waals surface area contributed by atoms with E-state index < -0.39 is 5.82 Å². The number of hydrogen-bond donors (Lipinski definition) is 1. The molecule has 5 nitrogen and oxygen atoms in total. The number of nitrogens with one attached hydrogen (secondary N) is 1. The van der Waals surface area contributed by atoms with Crippen molar-refractivity contribution in [2.24, 2.45) is 5.92 Å². The van der Waals surface area contributed by atoms with Crippen LogP contribution in [0.25, 0.3) is 10.9 Å². The fourth-order valence-electron chi connectivity index (χ4n) is 3.54. The lowest BCUT2D eigenvalue weighted by molar-refractivity contribution is 0.225. The van der Waals surface area contributed by atoms with Gasteiger partial charge >= 0.3 is 0 Å². The molecule has 3 aromatic rings. The Morgan fingerprint density at radius 2 is 1.76 bits per heavy atom. The number of nitrogens with zero attached hydrogens (tertiary/aromatic N) is 1. The summed E-state index contributed by atoms with van der Waals surface area (Å²) in [7, 11) is 3.24. The van der Waals surface area contributed by atoms with Gasteiger partial charge in [0.25, 0.3) is 0 Å². The van der Waals surface area contributed by atoms with Gasteiger partial charge in [-0.15, -0.1) is 0 Å². The minimum absolute atomic E-state index is 0.177. The van der Waals surface area contributed by atoms with E-state index in [9.17, 15) is 9.18 Å². The van der Waals surface area contributed by atoms with Crippen LogP contribution in [0, 0.1) is 11.7 Å². The summed E-state index contributed by atoms with van der Waals surface area (Å²) in [5.41, 5.74) is 2.36. The van der Waals surface area contributed by atoms with Gasteiger partial charge in [-0.05, 0) is 41.8 Å². The first kappa shape index (κ1) is 20.9. The minimum Gasteiger partial charge on any atom is -0.493 e. The first-order chi connectivity index (χ1) is 13.9. The zero-order valence-electron chi connectivity index (χ0n) is 17.3. The molecule has 0 atom stereocenters. The molecule has 0 saturated carbocycles. The van der Waals surface area contributed by atoms with Gasteiger partial charge in [0.1, 0.15) is 5.82 Å². The molecule has 0 aliphatic carbocycles. The topological polar surface area (TPSA) is 54.6 Å². The quantitative estimate of drug-likeness (QED) is 0.613. The molecule has 2 aromatic carbocycles. The molecular formula is C23H27FN2O3. The summed E-state index contributed by atoms with van der Waals surface area (Å²) < 4.78 is 24.2. The van der Waals surface area contributed by atoms with Gasteiger partial charge in [0.2, 0.25) is 0 Å². The molecule has 1 heterocycles. The summed E-state index contributed by atoms with van der Waals surface area (Å²) in [6, 6.07) is 11.7. The Labute approximate surface area is 170 Å². The SMILES string of the molecule is COc1ccc(CN(Cc2cc(=O)c3cc(F)ccc3[nH]2)CC(C)C)cc1OC. The Kier molecular flexibility index (Phi) is 6.54. The first-order valence-electron chi connectivity index (χ1n) is 9.64. The van der Waals surface area contributed by atoms with E-state index in [2.05, 4.69) is 23.7 Å². The molecule has 0 bridgehead atoms. The second-order valence-corrected chi connectivity index (χ2v) is 7.60. The largest absolute Gasteiger partial charge is 0.493 e. The average Bonchev–Trinajstić information content (AvgIpc) is 2.68. The van der Waals surface area contributed by atoms with E-state index >= 15 is 0 Å². The van der Waals surface area contributed by atoms with Crippen LogP contribution in [0.2, 0.25) is 0 Å². The summed E-state index contributed by atoms with van der Waals surface area (Å²) in [4.78, 5) is 18.0. The maximum Gasteiger partial charge on any atom is 0.189 e. The lowest BCUT2D eigenvalue weighted by Gasteiger charge is -2.25. The van der Waals surface area contributed by atoms with Crippen LogP contribution in [0.3, 0.4) is 0 Å². The molecule has 1 aromatic heterocycles. The number of ether oxygens (including phenoxy) is 2. The van der Waals surface area contributed by atoms with E-state index in [4.69, 9.17) is 9.47 Å². The molecule has 0 fully saturated rings. The summed E-state index contributed by atoms with van der Waals surface area (Å²) in [5.74, 6) is 1.43. The minimum atomic E-state index is -0.411. The Balaban J connectivity index is 1.87. The third kappa shape index (κ3) is 5.15. The first-order valence-corrected chi connectivity index (χ1v) is 9.64. The second kappa shape index (κ2) is 9.09. The maximum absolute atomic E-state index is 13.4. The van der Waals surface area contributed by atoms with Crippen molar-refractivity contribution < 1.29 is 13.9 Å². The number of rotatable bonds is 8. The van der Waals surface area contributed by atoms with Gasteiger partial charge in [0.05, 0.1) is 14.2 Å². The molecule has 0 aliphatic heterocycles. The van der Waals surface area contributed by atoms with Crippen molar-refractivity contribution in [3.8, 4) is 11.5 Å². The molecule has 0 radical (unpaired) electrons. The van der Waals surface area contributed by atoms with Gasteiger partial charge in [0.15, 0.2) is 16.9 Å². The van der Waals surface area contributed by atoms with Crippen molar-refractivity contribution in [3.63, 3.8) is 0 Å². The van der Waals surface area contributed by atoms with Crippen LogP contribution in [0.1, 0.15) is 25.1 Å². The van der Waals surface area contributed by atoms with Gasteiger partial charge < -0.3 is 14.5 Å². The van der Waals surface area contributed by atoms with Crippen LogP contribution in [0.4, 0.5) is 4.39 Å². The number of methoxy groups -OCH3 is 2. The van der Waals surface area contributed by atoms with Gasteiger partial charge in [-0.2, -0.15) is 0 Å². The van der Waals surface area contributed by atoms with Crippen LogP contribution in [-0.2, 0) is 13.1 Å². The van der Waals surface area contributed by atoms with Crippen molar-refractivity contribution in [1.82, 2.24) is 9.88 Å². The van der Waals surface area contributed by atoms with Crippen LogP contribution in [0.15, 0.2) is 47.3 Å². The number of aromatic nitrogens is 1. The molecular weight excluding hydrogens is 371 g/mol. The van der Waals surface area contributed by atoms with E-state index in [-0.39, 0.29) is 5.43 Å². The van der Waals surface area contributed by atoms with E-state index in [1.807, 2.05) is 18.2 Å². The zero-order chi connectivity index (χ0) is 21.0. The molecule has 0 unspecified atom stereocenters. The maximum atomic E-state index is 13.4. The molecule has 6 heteroatoms. The lowest BCUT2D eigenvalue weighted by Crippen LogP contribution is -2.28.